The number of halogens is 2. The third-order valence-corrected chi connectivity index (χ3v) is 4.73. The molecule has 1 aromatic rings. The molecule has 0 spiro atoms. The number of carbonyl (C=O) groups excluding carboxylic acids is 2. The predicted molar refractivity (Wildman–Crippen MR) is 80.7 cm³/mol. The molecule has 0 amide bonds. The molecule has 1 atom stereocenters. The van der Waals surface area contributed by atoms with Gasteiger partial charge in [0.15, 0.2) is 0 Å². The Kier molecular flexibility index (Phi) is 3.89. The molecule has 1 aromatic carbocycles. The Hall–Kier alpha value is -1.56. The lowest BCUT2D eigenvalue weighted by atomic mass is 9.97. The van der Waals surface area contributed by atoms with Gasteiger partial charge in [0, 0.05) is 13.1 Å². The Morgan fingerprint density at radius 1 is 1.09 bits per heavy atom. The Bertz CT molecular complexity index is 714. The van der Waals surface area contributed by atoms with Gasteiger partial charge in [0.05, 0.1) is 41.5 Å². The normalized spacial score (nSPS) is 19.9. The Balaban J connectivity index is 2.14. The molecule has 7 heteroatoms. The topological polar surface area (TPSA) is 55.8 Å². The van der Waals surface area contributed by atoms with Crippen LogP contribution >= 0.6 is 23.2 Å². The van der Waals surface area contributed by atoms with E-state index >= 15 is 0 Å². The van der Waals surface area contributed by atoms with E-state index in [2.05, 4.69) is 0 Å². The highest BCUT2D eigenvalue weighted by atomic mass is 35.5. The van der Waals surface area contributed by atoms with E-state index in [4.69, 9.17) is 32.7 Å². The molecule has 0 N–H and O–H groups in total. The second-order valence-corrected chi connectivity index (χ2v) is 5.96. The molecule has 0 bridgehead atoms. The summed E-state index contributed by atoms with van der Waals surface area (Å²) in [5, 5.41) is 0.886. The maximum atomic E-state index is 12.2. The molecule has 0 saturated heterocycles. The van der Waals surface area contributed by atoms with Gasteiger partial charge in [-0.3, -0.25) is 4.90 Å². The third-order valence-electron chi connectivity index (χ3n) is 4.01. The number of carbonyl (C=O) groups is 2. The van der Waals surface area contributed by atoms with Crippen molar-refractivity contribution < 1.29 is 19.1 Å². The zero-order valence-corrected chi connectivity index (χ0v) is 13.5. The number of methoxy groups -OCH3 is 2. The quantitative estimate of drug-likeness (QED) is 0.773. The van der Waals surface area contributed by atoms with E-state index in [0.717, 1.165) is 11.1 Å². The minimum Gasteiger partial charge on any atom is -0.466 e. The molecule has 0 saturated carbocycles. The van der Waals surface area contributed by atoms with Gasteiger partial charge in [-0.05, 0) is 23.3 Å². The van der Waals surface area contributed by atoms with E-state index in [1.54, 1.807) is 12.1 Å². The highest BCUT2D eigenvalue weighted by molar-refractivity contribution is 6.42. The first-order valence-electron chi connectivity index (χ1n) is 6.59. The van der Waals surface area contributed by atoms with Gasteiger partial charge in [0.25, 0.3) is 0 Å². The van der Waals surface area contributed by atoms with Gasteiger partial charge in [0.1, 0.15) is 0 Å². The van der Waals surface area contributed by atoms with Gasteiger partial charge in [0.2, 0.25) is 0 Å². The van der Waals surface area contributed by atoms with E-state index in [1.807, 2.05) is 4.90 Å². The summed E-state index contributed by atoms with van der Waals surface area (Å²) in [6, 6.07) is 3.18. The average Bonchev–Trinajstić information content (AvgIpc) is 3.02. The SMILES string of the molecule is COC(=O)C1=C(C(=O)OC)C2c3cc(Cl)c(Cl)cc3CN2C1. The number of benzene rings is 1. The van der Waals surface area contributed by atoms with Crippen LogP contribution in [0, 0.1) is 0 Å². The van der Waals surface area contributed by atoms with Gasteiger partial charge in [-0.15, -0.1) is 0 Å². The van der Waals surface area contributed by atoms with Crippen LogP contribution in [-0.4, -0.2) is 37.6 Å². The standard InChI is InChI=1S/C15H13Cl2NO4/c1-21-14(19)9-6-18-5-7-3-10(16)11(17)4-8(7)13(18)12(9)15(20)22-2/h3-4,13H,5-6H2,1-2H3. The van der Waals surface area contributed by atoms with Crippen molar-refractivity contribution in [3.63, 3.8) is 0 Å². The predicted octanol–water partition coefficient (Wildman–Crippen LogP) is 2.51. The number of nitrogens with zero attached hydrogens (tertiary/aromatic N) is 1. The largest absolute Gasteiger partial charge is 0.466 e. The van der Waals surface area contributed by atoms with Gasteiger partial charge in [-0.1, -0.05) is 23.2 Å². The zero-order valence-electron chi connectivity index (χ0n) is 12.0. The molecule has 22 heavy (non-hydrogen) atoms. The van der Waals surface area contributed by atoms with Crippen LogP contribution in [0.2, 0.25) is 10.0 Å². The number of ether oxygens (including phenoxy) is 2. The van der Waals surface area contributed by atoms with Crippen molar-refractivity contribution in [2.45, 2.75) is 12.6 Å². The lowest BCUT2D eigenvalue weighted by Gasteiger charge is -2.17. The summed E-state index contributed by atoms with van der Waals surface area (Å²) in [4.78, 5) is 26.1. The van der Waals surface area contributed by atoms with Crippen molar-refractivity contribution >= 4 is 35.1 Å². The van der Waals surface area contributed by atoms with Crippen molar-refractivity contribution in [3.8, 4) is 0 Å². The van der Waals surface area contributed by atoms with E-state index in [1.165, 1.54) is 14.2 Å². The molecule has 1 unspecified atom stereocenters. The Labute approximate surface area is 137 Å². The van der Waals surface area contributed by atoms with Crippen LogP contribution in [0.4, 0.5) is 0 Å². The lowest BCUT2D eigenvalue weighted by Crippen LogP contribution is -2.20. The first-order chi connectivity index (χ1) is 10.5. The molecule has 0 aliphatic carbocycles. The van der Waals surface area contributed by atoms with Gasteiger partial charge in [-0.25, -0.2) is 9.59 Å². The molecule has 2 aliphatic heterocycles. The summed E-state index contributed by atoms with van der Waals surface area (Å²) in [5.41, 5.74) is 2.50. The molecule has 0 aromatic heterocycles. The van der Waals surface area contributed by atoms with Crippen LogP contribution < -0.4 is 0 Å². The molecule has 5 nitrogen and oxygen atoms in total. The highest BCUT2D eigenvalue weighted by Gasteiger charge is 2.45. The van der Waals surface area contributed by atoms with E-state index < -0.39 is 11.9 Å². The molecular formula is C15H13Cl2NO4. The van der Waals surface area contributed by atoms with E-state index in [-0.39, 0.29) is 6.04 Å². The number of rotatable bonds is 2. The fourth-order valence-corrected chi connectivity index (χ4v) is 3.44. The summed E-state index contributed by atoms with van der Waals surface area (Å²) in [6.45, 7) is 0.906. The maximum Gasteiger partial charge on any atom is 0.336 e. The van der Waals surface area contributed by atoms with Crippen LogP contribution in [0.5, 0.6) is 0 Å². The minimum atomic E-state index is -0.535. The average molecular weight is 342 g/mol. The summed E-state index contributed by atoms with van der Waals surface area (Å²) < 4.78 is 9.62. The molecule has 116 valence electrons. The molecule has 0 fully saturated rings. The highest BCUT2D eigenvalue weighted by Crippen LogP contribution is 2.47. The van der Waals surface area contributed by atoms with Gasteiger partial charge >= 0.3 is 11.9 Å². The van der Waals surface area contributed by atoms with E-state index in [9.17, 15) is 9.59 Å². The van der Waals surface area contributed by atoms with Crippen molar-refractivity contribution in [2.24, 2.45) is 0 Å². The van der Waals surface area contributed by atoms with Crippen LogP contribution in [0.15, 0.2) is 23.3 Å². The molecule has 3 rings (SSSR count). The summed E-state index contributed by atoms with van der Waals surface area (Å²) in [6.07, 6.45) is 0. The summed E-state index contributed by atoms with van der Waals surface area (Å²) >= 11 is 12.1. The summed E-state index contributed by atoms with van der Waals surface area (Å²) in [5.74, 6) is -1.05. The number of fused-ring (bicyclic) bond motifs is 3. The lowest BCUT2D eigenvalue weighted by molar-refractivity contribution is -0.139. The number of esters is 2. The van der Waals surface area contributed by atoms with Crippen molar-refractivity contribution in [1.82, 2.24) is 4.90 Å². The van der Waals surface area contributed by atoms with E-state index in [0.29, 0.717) is 34.3 Å². The number of hydrogen-bond donors (Lipinski definition) is 0. The molecule has 2 heterocycles. The second-order valence-electron chi connectivity index (χ2n) is 5.15. The van der Waals surface area contributed by atoms with Crippen molar-refractivity contribution in [2.75, 3.05) is 20.8 Å². The van der Waals surface area contributed by atoms with Crippen LogP contribution in [0.1, 0.15) is 17.2 Å². The Morgan fingerprint density at radius 2 is 1.73 bits per heavy atom. The number of hydrogen-bond acceptors (Lipinski definition) is 5. The monoisotopic (exact) mass is 341 g/mol. The first-order valence-corrected chi connectivity index (χ1v) is 7.35. The first kappa shape index (κ1) is 15.3. The summed E-state index contributed by atoms with van der Waals surface area (Å²) in [7, 11) is 2.58. The van der Waals surface area contributed by atoms with Crippen LogP contribution in [0.3, 0.4) is 0 Å². The van der Waals surface area contributed by atoms with Gasteiger partial charge < -0.3 is 9.47 Å². The Morgan fingerprint density at radius 3 is 2.36 bits per heavy atom. The minimum absolute atomic E-state index is 0.312. The third kappa shape index (κ3) is 2.20. The van der Waals surface area contributed by atoms with Crippen LogP contribution in [-0.2, 0) is 25.6 Å². The molecular weight excluding hydrogens is 329 g/mol. The maximum absolute atomic E-state index is 12.2. The van der Waals surface area contributed by atoms with Crippen molar-refractivity contribution in [1.29, 1.82) is 0 Å². The fraction of sp³-hybridized carbons (Fsp3) is 0.333. The fourth-order valence-electron chi connectivity index (χ4n) is 3.08. The zero-order chi connectivity index (χ0) is 16.0. The van der Waals surface area contributed by atoms with Crippen molar-refractivity contribution in [3.05, 3.63) is 44.5 Å². The van der Waals surface area contributed by atoms with Gasteiger partial charge in [-0.2, -0.15) is 0 Å². The van der Waals surface area contributed by atoms with Crippen LogP contribution in [0.25, 0.3) is 0 Å². The molecule has 2 aliphatic rings. The smallest absolute Gasteiger partial charge is 0.336 e. The molecule has 0 radical (unpaired) electrons. The second kappa shape index (κ2) is 5.57.